The van der Waals surface area contributed by atoms with Crippen molar-refractivity contribution in [1.29, 1.82) is 0 Å². The molecule has 18 aromatic rings. The van der Waals surface area contributed by atoms with E-state index in [1.54, 1.807) is 0 Å². The second kappa shape index (κ2) is 28.4. The van der Waals surface area contributed by atoms with Gasteiger partial charge in [0.25, 0.3) is 0 Å². The minimum Gasteiger partial charge on any atom is -0.449 e. The second-order valence-electron chi connectivity index (χ2n) is 47.8. The Bertz CT molecular complexity index is 8630. The van der Waals surface area contributed by atoms with Crippen LogP contribution in [0.15, 0.2) is 194 Å². The molecule has 1 spiro atoms. The van der Waals surface area contributed by atoms with E-state index in [4.69, 9.17) is 78.8 Å². The van der Waals surface area contributed by atoms with Gasteiger partial charge in [-0.15, -0.1) is 0 Å². The topological polar surface area (TPSA) is 255 Å². The minimum atomic E-state index is -0.961. The van der Waals surface area contributed by atoms with Crippen molar-refractivity contribution in [2.45, 2.75) is 215 Å². The number of ether oxygens (including phenoxy) is 4. The Kier molecular flexibility index (Phi) is 17.3. The van der Waals surface area contributed by atoms with Crippen LogP contribution in [0.2, 0.25) is 0 Å². The van der Waals surface area contributed by atoms with Gasteiger partial charge >= 0.3 is 0 Å². The van der Waals surface area contributed by atoms with Gasteiger partial charge in [0.1, 0.15) is 45.2 Å². The zero-order valence-corrected chi connectivity index (χ0v) is 84.0. The maximum atomic E-state index is 7.54. The highest BCUT2D eigenvalue weighted by atomic mass is 16.6. The Morgan fingerprint density at radius 2 is 0.348 bits per heavy atom. The van der Waals surface area contributed by atoms with Crippen LogP contribution < -0.4 is 18.9 Å². The van der Waals surface area contributed by atoms with Gasteiger partial charge < -0.3 is 38.9 Å². The molecule has 20 heteroatoms. The molecule has 6 aliphatic heterocycles. The molecule has 141 heavy (non-hydrogen) atoms. The molecule has 12 heterocycles. The van der Waals surface area contributed by atoms with Crippen molar-refractivity contribution in [1.82, 2.24) is 79.7 Å². The fourth-order valence-electron chi connectivity index (χ4n) is 21.7. The van der Waals surface area contributed by atoms with Crippen LogP contribution in [0.25, 0.3) is 202 Å². The maximum absolute atomic E-state index is 7.54. The highest BCUT2D eigenvalue weighted by molar-refractivity contribution is 6.11. The van der Waals surface area contributed by atoms with E-state index in [1.165, 1.54) is 11.1 Å². The summed E-state index contributed by atoms with van der Waals surface area (Å²) >= 11 is 0. The average molecular weight is 1850 g/mol. The number of rotatable bonds is 0. The molecule has 26 rings (SSSR count). The van der Waals surface area contributed by atoms with Gasteiger partial charge in [0.05, 0.1) is 5.41 Å². The largest absolute Gasteiger partial charge is 0.449 e. The monoisotopic (exact) mass is 1850 g/mol. The number of nitrogens with zero attached hydrogens (tertiary/aromatic N) is 12. The Hall–Kier alpha value is -15.4. The molecule has 16 bridgehead atoms. The van der Waals surface area contributed by atoms with Crippen LogP contribution in [0.3, 0.4) is 0 Å². The average Bonchev–Trinajstić information content (AvgIpc) is 1.49. The predicted molar refractivity (Wildman–Crippen MR) is 565 cm³/mol. The highest BCUT2D eigenvalue weighted by Gasteiger charge is 2.54. The van der Waals surface area contributed by atoms with Crippen molar-refractivity contribution >= 4 is 88.3 Å². The molecule has 0 radical (unpaired) electrons. The smallest absolute Gasteiger partial charge is 0.170 e. The van der Waals surface area contributed by atoms with E-state index in [0.717, 1.165) is 165 Å². The zero-order chi connectivity index (χ0) is 97.6. The molecule has 8 aliphatic rings. The van der Waals surface area contributed by atoms with Gasteiger partial charge in [0.2, 0.25) is 0 Å². The minimum absolute atomic E-state index is 0.160. The van der Waals surface area contributed by atoms with Gasteiger partial charge in [-0.2, -0.15) is 0 Å². The van der Waals surface area contributed by atoms with E-state index in [-0.39, 0.29) is 43.3 Å². The van der Waals surface area contributed by atoms with E-state index < -0.39 is 5.41 Å². The quantitative estimate of drug-likeness (QED) is 0.110. The Morgan fingerprint density at radius 3 is 0.596 bits per heavy atom. The SMILES string of the molecule is CC(C)(C)c1ccc2c(c1)-c1nc-2nc2[nH]c(nc3nc(nc4[nH]c(n1)c1ccc(C(C)(C)C)cc41)-c1ccc(C(C)(C)C)cc1-3)c1cc3c(cc21)Oc1cc2c(cc1O3)C1(c3ccc(C(C)(C)C)cc3-2)c2ccc(C(C)(C)C)cc2-c2cc3c(cc21)Oc1cc2c4nc5nc(nc6[nH]c(nc7nc(nc([nH]4)c2cc1O3)-c1ccc(C(C)(C)C)cc1-7)c1ccc(C(C)(C)C)cc61)-c1ccc(C(C)(C)C)cc1-5. The third kappa shape index (κ3) is 13.2. The molecule has 20 nitrogen and oxygen atoms in total. The predicted octanol–water partition coefficient (Wildman–Crippen LogP) is 30.6. The second-order valence-corrected chi connectivity index (χ2v) is 47.8. The fourth-order valence-corrected chi connectivity index (χ4v) is 21.7. The van der Waals surface area contributed by atoms with Gasteiger partial charge in [-0.1, -0.05) is 275 Å². The summed E-state index contributed by atoms with van der Waals surface area (Å²) in [6.07, 6.45) is 0. The Labute approximate surface area is 816 Å². The molecule has 0 saturated carbocycles. The third-order valence-corrected chi connectivity index (χ3v) is 30.0. The van der Waals surface area contributed by atoms with E-state index in [2.05, 4.69) is 356 Å². The van der Waals surface area contributed by atoms with Crippen LogP contribution in [0.1, 0.15) is 233 Å². The molecule has 4 N–H and O–H groups in total. The van der Waals surface area contributed by atoms with Crippen molar-refractivity contribution in [3.05, 3.63) is 261 Å². The number of hydrogen-bond donors (Lipinski definition) is 4. The summed E-state index contributed by atoms with van der Waals surface area (Å²) in [6.45, 7) is 53.8. The number of benzene rings is 12. The zero-order valence-electron chi connectivity index (χ0n) is 84.0. The number of hydrogen-bond acceptors (Lipinski definition) is 16. The summed E-state index contributed by atoms with van der Waals surface area (Å²) in [4.78, 5) is 81.1. The normalized spacial score (nSPS) is 14.2. The van der Waals surface area contributed by atoms with Crippen LogP contribution >= 0.6 is 0 Å². The summed E-state index contributed by atoms with van der Waals surface area (Å²) < 4.78 is 30.0. The van der Waals surface area contributed by atoms with E-state index in [1.807, 2.05) is 24.3 Å². The summed E-state index contributed by atoms with van der Waals surface area (Å²) in [7, 11) is 0. The molecule has 2 aliphatic carbocycles. The van der Waals surface area contributed by atoms with Gasteiger partial charge in [0, 0.05) is 87.6 Å². The lowest BCUT2D eigenvalue weighted by atomic mass is 9.69. The summed E-state index contributed by atoms with van der Waals surface area (Å²) in [6, 6.07) is 70.4. The van der Waals surface area contributed by atoms with Crippen molar-refractivity contribution in [2.75, 3.05) is 0 Å². The van der Waals surface area contributed by atoms with Crippen LogP contribution in [0, 0.1) is 0 Å². The number of aromatic amines is 4. The number of fused-ring (bicyclic) bond motifs is 54. The number of H-pyrrole nitrogens is 4. The molecule has 0 saturated heterocycles. The lowest BCUT2D eigenvalue weighted by Gasteiger charge is -2.32. The summed E-state index contributed by atoms with van der Waals surface area (Å²) in [5, 5.41) is 6.57. The van der Waals surface area contributed by atoms with Crippen molar-refractivity contribution in [3.8, 4) is 159 Å². The highest BCUT2D eigenvalue weighted by Crippen LogP contribution is 2.68. The molecule has 0 unspecified atom stereocenters. The van der Waals surface area contributed by atoms with E-state index in [9.17, 15) is 0 Å². The van der Waals surface area contributed by atoms with E-state index >= 15 is 0 Å². The van der Waals surface area contributed by atoms with Crippen molar-refractivity contribution in [3.63, 3.8) is 0 Å². The number of aromatic nitrogens is 16. The fraction of sp³-hybridized carbons (Fsp3) is 0.273. The molecule has 0 fully saturated rings. The molecule has 0 atom stereocenters. The van der Waals surface area contributed by atoms with Crippen molar-refractivity contribution < 1.29 is 18.9 Å². The first-order valence-corrected chi connectivity index (χ1v) is 49.0. The molecule has 12 aromatic carbocycles. The lowest BCUT2D eigenvalue weighted by Crippen LogP contribution is -2.26. The van der Waals surface area contributed by atoms with Gasteiger partial charge in [-0.3, -0.25) is 0 Å². The molecule has 6 aromatic heterocycles. The lowest BCUT2D eigenvalue weighted by molar-refractivity contribution is 0.359. The molecule has 696 valence electrons. The number of nitrogens with one attached hydrogen (secondary N) is 4. The first kappa shape index (κ1) is 85.9. The molecule has 0 amide bonds. The third-order valence-electron chi connectivity index (χ3n) is 30.0. The standard InChI is InChI=1S/C121H108N16O4/c1-113(2,3)57-25-33-65-75(43-57)103-122-97(65)124-105-77-45-59(115(7,8)9)27-35-67(77)101(128-105)132-109-81-51-91-93(53-83(81)111(136-109)134-107-79-47-61(117(13,14)15)29-37-69(79)99(126-103)130-107)140-95-55-87-73(49-89(95)138-91)71-41-63(119(19,20)21)31-39-85(71)121(87)86-40-32-64(120(22,23)24)42-72(86)74-50-90-96(56-88(74)121)141-94-54-84-82(52-92(94)139-90)110-133-102-68-36-28-60(116(10,11)12)46-78(68)106(129-102)125-98-66-34-26-58(114(4,5)6)44-76(66)104(123-98)127-100-70-38-30-62(118(16,17)18)48-80(70)108(131-100)135-112(84)137-110/h25-56H,1-24H3,(H2,122,124,126,128,130,132,134,136)(H2,123,125,127,129,131,133,135,137). The Balaban J connectivity index is 0.665. The van der Waals surface area contributed by atoms with Gasteiger partial charge in [0.15, 0.2) is 92.6 Å². The van der Waals surface area contributed by atoms with Crippen LogP contribution in [-0.2, 0) is 48.7 Å². The van der Waals surface area contributed by atoms with Gasteiger partial charge in [-0.05, 0) is 217 Å². The van der Waals surface area contributed by atoms with E-state index in [0.29, 0.717) is 138 Å². The van der Waals surface area contributed by atoms with Crippen LogP contribution in [0.5, 0.6) is 46.0 Å². The molecular weight excluding hydrogens is 1740 g/mol. The first-order chi connectivity index (χ1) is 66.7. The first-order valence-electron chi connectivity index (χ1n) is 49.0. The summed E-state index contributed by atoms with van der Waals surface area (Å²) in [5.74, 6) is 8.22. The van der Waals surface area contributed by atoms with Crippen LogP contribution in [0.4, 0.5) is 0 Å². The van der Waals surface area contributed by atoms with Gasteiger partial charge in [-0.25, -0.2) is 59.8 Å². The van der Waals surface area contributed by atoms with Crippen molar-refractivity contribution in [2.24, 2.45) is 0 Å². The molecular formula is C121H108N16O4. The summed E-state index contributed by atoms with van der Waals surface area (Å²) in [5.41, 5.74) is 26.6. The maximum Gasteiger partial charge on any atom is 0.170 e. The van der Waals surface area contributed by atoms with Crippen LogP contribution in [-0.4, -0.2) is 79.7 Å². The Morgan fingerprint density at radius 1 is 0.163 bits per heavy atom.